The molecule has 1 spiro atoms. The Labute approximate surface area is 142 Å². The van der Waals surface area contributed by atoms with Gasteiger partial charge in [-0.25, -0.2) is 14.6 Å². The summed E-state index contributed by atoms with van der Waals surface area (Å²) in [5, 5.41) is 6.18. The molecule has 24 heavy (non-hydrogen) atoms. The number of carbonyl (C=O) groups is 2. The first-order valence-electron chi connectivity index (χ1n) is 7.85. The fourth-order valence-corrected chi connectivity index (χ4v) is 3.99. The van der Waals surface area contributed by atoms with Crippen LogP contribution in [-0.4, -0.2) is 24.1 Å². The lowest BCUT2D eigenvalue weighted by molar-refractivity contribution is 0.0558. The van der Waals surface area contributed by atoms with Crippen molar-refractivity contribution in [3.05, 3.63) is 22.5 Å². The van der Waals surface area contributed by atoms with Gasteiger partial charge in [-0.3, -0.25) is 0 Å². The summed E-state index contributed by atoms with van der Waals surface area (Å²) in [7, 11) is 1.27. The number of amides is 2. The van der Waals surface area contributed by atoms with Crippen LogP contribution in [-0.2, 0) is 10.3 Å². The summed E-state index contributed by atoms with van der Waals surface area (Å²) in [5.74, 6) is -0.776. The van der Waals surface area contributed by atoms with E-state index < -0.39 is 11.5 Å². The van der Waals surface area contributed by atoms with Gasteiger partial charge < -0.3 is 19.8 Å². The van der Waals surface area contributed by atoms with E-state index >= 15 is 0 Å². The Morgan fingerprint density at radius 1 is 1.38 bits per heavy atom. The van der Waals surface area contributed by atoms with Gasteiger partial charge in [0.05, 0.1) is 23.4 Å². The molecule has 126 valence electrons. The van der Waals surface area contributed by atoms with Crippen molar-refractivity contribution < 1.29 is 18.7 Å². The van der Waals surface area contributed by atoms with Crippen molar-refractivity contribution >= 4 is 40.4 Å². The molecule has 2 aliphatic rings. The summed E-state index contributed by atoms with van der Waals surface area (Å²) in [4.78, 5) is 28.1. The standard InChI is InChI=1S/C16H16ClN3O4/c1-23-14(21)13-18-9-7-8(17)11-10(12(9)24-13)16(20-15(22)19-11)5-3-2-4-6-16/h7H,2-6H2,1H3,(H2,19,20,22). The van der Waals surface area contributed by atoms with Gasteiger partial charge in [0.1, 0.15) is 5.52 Å². The number of fused-ring (bicyclic) bond motifs is 4. The number of ether oxygens (including phenoxy) is 1. The molecule has 2 amide bonds. The van der Waals surface area contributed by atoms with Crippen LogP contribution in [0, 0.1) is 0 Å². The van der Waals surface area contributed by atoms with E-state index in [9.17, 15) is 9.59 Å². The van der Waals surface area contributed by atoms with Gasteiger partial charge in [-0.2, -0.15) is 0 Å². The first-order valence-corrected chi connectivity index (χ1v) is 8.23. The minimum absolute atomic E-state index is 0.125. The van der Waals surface area contributed by atoms with Crippen LogP contribution in [0.15, 0.2) is 10.5 Å². The van der Waals surface area contributed by atoms with Gasteiger partial charge >= 0.3 is 17.9 Å². The van der Waals surface area contributed by atoms with Gasteiger partial charge in [-0.15, -0.1) is 0 Å². The van der Waals surface area contributed by atoms with E-state index in [0.29, 0.717) is 21.8 Å². The molecule has 0 saturated heterocycles. The summed E-state index contributed by atoms with van der Waals surface area (Å²) < 4.78 is 10.4. The highest BCUT2D eigenvalue weighted by atomic mass is 35.5. The van der Waals surface area contributed by atoms with E-state index in [1.165, 1.54) is 7.11 Å². The Kier molecular flexibility index (Phi) is 3.42. The number of oxazole rings is 1. The molecule has 1 saturated carbocycles. The normalized spacial score (nSPS) is 18.8. The molecule has 2 aromatic rings. The molecule has 2 N–H and O–H groups in total. The first-order chi connectivity index (χ1) is 11.5. The van der Waals surface area contributed by atoms with Gasteiger partial charge in [0.25, 0.3) is 0 Å². The molecule has 1 fully saturated rings. The van der Waals surface area contributed by atoms with Crippen LogP contribution in [0.1, 0.15) is 48.4 Å². The zero-order valence-electron chi connectivity index (χ0n) is 13.1. The van der Waals surface area contributed by atoms with Crippen LogP contribution in [0.3, 0.4) is 0 Å². The Bertz CT molecular complexity index is 855. The highest BCUT2D eigenvalue weighted by Gasteiger charge is 2.44. The SMILES string of the molecule is COC(=O)c1nc2cc(Cl)c3c(c2o1)C1(CCCCC1)NC(=O)N3. The quantitative estimate of drug-likeness (QED) is 0.768. The summed E-state index contributed by atoms with van der Waals surface area (Å²) in [6, 6.07) is 1.31. The van der Waals surface area contributed by atoms with E-state index in [1.807, 2.05) is 0 Å². The van der Waals surface area contributed by atoms with Crippen LogP contribution < -0.4 is 10.6 Å². The predicted octanol–water partition coefficient (Wildman–Crippen LogP) is 3.56. The van der Waals surface area contributed by atoms with Crippen LogP contribution in [0.25, 0.3) is 11.1 Å². The van der Waals surface area contributed by atoms with E-state index in [4.69, 9.17) is 16.0 Å². The fraction of sp³-hybridized carbons (Fsp3) is 0.438. The number of aromatic nitrogens is 1. The van der Waals surface area contributed by atoms with Crippen LogP contribution >= 0.6 is 11.6 Å². The van der Waals surface area contributed by atoms with Gasteiger partial charge in [0, 0.05) is 5.56 Å². The molecular weight excluding hydrogens is 334 g/mol. The third-order valence-corrected chi connectivity index (χ3v) is 5.07. The van der Waals surface area contributed by atoms with Crippen molar-refractivity contribution in [1.82, 2.24) is 10.3 Å². The van der Waals surface area contributed by atoms with Gasteiger partial charge in [0.15, 0.2) is 5.58 Å². The number of anilines is 1. The van der Waals surface area contributed by atoms with Gasteiger partial charge in [-0.1, -0.05) is 30.9 Å². The number of nitrogens with one attached hydrogen (secondary N) is 2. The number of hydrogen-bond donors (Lipinski definition) is 2. The minimum Gasteiger partial charge on any atom is -0.462 e. The number of methoxy groups -OCH3 is 1. The highest BCUT2D eigenvalue weighted by molar-refractivity contribution is 6.35. The molecule has 1 aromatic heterocycles. The number of halogens is 1. The molecule has 0 bridgehead atoms. The van der Waals surface area contributed by atoms with Crippen molar-refractivity contribution in [2.75, 3.05) is 12.4 Å². The van der Waals surface area contributed by atoms with Gasteiger partial charge in [0.2, 0.25) is 0 Å². The molecule has 4 rings (SSSR count). The molecule has 0 atom stereocenters. The molecule has 1 aromatic carbocycles. The number of hydrogen-bond acceptors (Lipinski definition) is 5. The topological polar surface area (TPSA) is 93.5 Å². The van der Waals surface area contributed by atoms with E-state index in [0.717, 1.165) is 37.7 Å². The number of esters is 1. The van der Waals surface area contributed by atoms with E-state index in [-0.39, 0.29) is 11.9 Å². The number of carbonyl (C=O) groups excluding carboxylic acids is 2. The monoisotopic (exact) mass is 349 g/mol. The molecule has 0 unspecified atom stereocenters. The smallest absolute Gasteiger partial charge is 0.394 e. The average Bonchev–Trinajstić information content (AvgIpc) is 2.98. The molecule has 1 aliphatic heterocycles. The Morgan fingerprint density at radius 2 is 2.12 bits per heavy atom. The Hall–Kier alpha value is -2.28. The number of urea groups is 1. The number of nitrogens with zero attached hydrogens (tertiary/aromatic N) is 1. The van der Waals surface area contributed by atoms with Crippen molar-refractivity contribution in [2.24, 2.45) is 0 Å². The van der Waals surface area contributed by atoms with Crippen molar-refractivity contribution in [1.29, 1.82) is 0 Å². The summed E-state index contributed by atoms with van der Waals surface area (Å²) in [6.45, 7) is 0. The van der Waals surface area contributed by atoms with Crippen molar-refractivity contribution in [3.63, 3.8) is 0 Å². The number of rotatable bonds is 1. The predicted molar refractivity (Wildman–Crippen MR) is 87.3 cm³/mol. The molecule has 1 aliphatic carbocycles. The largest absolute Gasteiger partial charge is 0.462 e. The zero-order valence-corrected chi connectivity index (χ0v) is 13.8. The fourth-order valence-electron chi connectivity index (χ4n) is 3.74. The Balaban J connectivity index is 2.00. The second-order valence-electron chi connectivity index (χ2n) is 6.19. The Morgan fingerprint density at radius 3 is 2.83 bits per heavy atom. The first kappa shape index (κ1) is 15.3. The lowest BCUT2D eigenvalue weighted by atomic mass is 9.74. The van der Waals surface area contributed by atoms with Crippen LogP contribution in [0.2, 0.25) is 5.02 Å². The third kappa shape index (κ3) is 2.15. The second-order valence-corrected chi connectivity index (χ2v) is 6.60. The van der Waals surface area contributed by atoms with Crippen molar-refractivity contribution in [3.8, 4) is 0 Å². The van der Waals surface area contributed by atoms with Crippen molar-refractivity contribution in [2.45, 2.75) is 37.6 Å². The molecular formula is C16H16ClN3O4. The van der Waals surface area contributed by atoms with Crippen LogP contribution in [0.5, 0.6) is 0 Å². The lowest BCUT2D eigenvalue weighted by Crippen LogP contribution is -2.52. The van der Waals surface area contributed by atoms with E-state index in [1.54, 1.807) is 6.07 Å². The minimum atomic E-state index is -0.651. The maximum absolute atomic E-state index is 12.1. The summed E-state index contributed by atoms with van der Waals surface area (Å²) in [5.41, 5.74) is 1.69. The molecule has 8 heteroatoms. The second kappa shape index (κ2) is 5.37. The maximum Gasteiger partial charge on any atom is 0.394 e. The molecule has 0 radical (unpaired) electrons. The number of benzene rings is 1. The zero-order chi connectivity index (χ0) is 16.9. The summed E-state index contributed by atoms with van der Waals surface area (Å²) >= 11 is 6.37. The highest BCUT2D eigenvalue weighted by Crippen LogP contribution is 2.48. The lowest BCUT2D eigenvalue weighted by Gasteiger charge is -2.42. The maximum atomic E-state index is 12.1. The molecule has 7 nitrogen and oxygen atoms in total. The van der Waals surface area contributed by atoms with E-state index in [2.05, 4.69) is 20.4 Å². The third-order valence-electron chi connectivity index (χ3n) is 4.77. The van der Waals surface area contributed by atoms with Gasteiger partial charge in [-0.05, 0) is 18.9 Å². The van der Waals surface area contributed by atoms with Crippen LogP contribution in [0.4, 0.5) is 10.5 Å². The molecule has 2 heterocycles. The average molecular weight is 350 g/mol. The summed E-state index contributed by atoms with van der Waals surface area (Å²) in [6.07, 6.45) is 4.68.